The minimum Gasteiger partial charge on any atom is -0.508 e. The fourth-order valence-corrected chi connectivity index (χ4v) is 1.07. The molecule has 0 spiro atoms. The Morgan fingerprint density at radius 1 is 1.38 bits per heavy atom. The number of halogens is 1. The van der Waals surface area contributed by atoms with E-state index in [4.69, 9.17) is 0 Å². The number of rotatable bonds is 3. The van der Waals surface area contributed by atoms with Crippen molar-refractivity contribution in [3.8, 4) is 5.75 Å². The van der Waals surface area contributed by atoms with E-state index in [9.17, 15) is 10.2 Å². The number of benzene rings is 1. The van der Waals surface area contributed by atoms with Gasteiger partial charge in [-0.15, -0.1) is 12.4 Å². The van der Waals surface area contributed by atoms with Gasteiger partial charge in [-0.3, -0.25) is 0 Å². The van der Waals surface area contributed by atoms with E-state index in [0.29, 0.717) is 12.1 Å². The fourth-order valence-electron chi connectivity index (χ4n) is 1.07. The molecular weight excluding hydrogens is 190 g/mol. The van der Waals surface area contributed by atoms with Crippen LogP contribution >= 0.6 is 12.4 Å². The van der Waals surface area contributed by atoms with Crippen LogP contribution in [0.1, 0.15) is 11.7 Å². The summed E-state index contributed by atoms with van der Waals surface area (Å²) < 4.78 is 0. The standard InChI is InChI=1S/C9H13NO2.ClH/c1-10-6-9(12)7-4-2-3-5-8(7)11;/h2-5,9-12H,6H2,1H3;1H. The number of nitrogens with one attached hydrogen (secondary N) is 1. The largest absolute Gasteiger partial charge is 0.508 e. The topological polar surface area (TPSA) is 52.5 Å². The normalized spacial score (nSPS) is 11.8. The van der Waals surface area contributed by atoms with Gasteiger partial charge in [-0.25, -0.2) is 0 Å². The molecule has 13 heavy (non-hydrogen) atoms. The average molecular weight is 204 g/mol. The molecule has 0 aliphatic rings. The van der Waals surface area contributed by atoms with Crippen molar-refractivity contribution in [2.24, 2.45) is 0 Å². The summed E-state index contributed by atoms with van der Waals surface area (Å²) in [6, 6.07) is 6.78. The van der Waals surface area contributed by atoms with Gasteiger partial charge in [-0.1, -0.05) is 18.2 Å². The molecule has 3 N–H and O–H groups in total. The van der Waals surface area contributed by atoms with Crippen molar-refractivity contribution in [1.29, 1.82) is 0 Å². The fraction of sp³-hybridized carbons (Fsp3) is 0.333. The van der Waals surface area contributed by atoms with Gasteiger partial charge in [-0.2, -0.15) is 0 Å². The molecule has 0 radical (unpaired) electrons. The third-order valence-corrected chi connectivity index (χ3v) is 1.69. The average Bonchev–Trinajstić information content (AvgIpc) is 2.05. The first kappa shape index (κ1) is 12.2. The lowest BCUT2D eigenvalue weighted by Crippen LogP contribution is -2.16. The number of hydrogen-bond donors (Lipinski definition) is 3. The van der Waals surface area contributed by atoms with Crippen LogP contribution in [-0.2, 0) is 0 Å². The molecule has 0 aromatic heterocycles. The van der Waals surface area contributed by atoms with E-state index in [1.165, 1.54) is 0 Å². The van der Waals surface area contributed by atoms with E-state index in [1.807, 2.05) is 0 Å². The summed E-state index contributed by atoms with van der Waals surface area (Å²) in [6.45, 7) is 0.442. The Bertz CT molecular complexity index is 255. The summed E-state index contributed by atoms with van der Waals surface area (Å²) in [5.74, 6) is 0.139. The highest BCUT2D eigenvalue weighted by atomic mass is 35.5. The maximum Gasteiger partial charge on any atom is 0.121 e. The maximum absolute atomic E-state index is 9.48. The maximum atomic E-state index is 9.48. The lowest BCUT2D eigenvalue weighted by Gasteiger charge is -2.11. The Hall–Kier alpha value is -0.770. The molecular formula is C9H14ClNO2. The van der Waals surface area contributed by atoms with Gasteiger partial charge in [0.2, 0.25) is 0 Å². The van der Waals surface area contributed by atoms with Crippen LogP contribution in [0.25, 0.3) is 0 Å². The van der Waals surface area contributed by atoms with Gasteiger partial charge in [0.15, 0.2) is 0 Å². The second kappa shape index (κ2) is 5.80. The molecule has 0 bridgehead atoms. The van der Waals surface area contributed by atoms with E-state index in [2.05, 4.69) is 5.32 Å². The van der Waals surface area contributed by atoms with Crippen molar-refractivity contribution in [3.63, 3.8) is 0 Å². The van der Waals surface area contributed by atoms with Gasteiger partial charge >= 0.3 is 0 Å². The number of aromatic hydroxyl groups is 1. The highest BCUT2D eigenvalue weighted by Gasteiger charge is 2.09. The molecule has 1 atom stereocenters. The van der Waals surface area contributed by atoms with Crippen LogP contribution in [0.2, 0.25) is 0 Å². The summed E-state index contributed by atoms with van der Waals surface area (Å²) in [6.07, 6.45) is -0.642. The quantitative estimate of drug-likeness (QED) is 0.689. The molecule has 1 unspecified atom stereocenters. The van der Waals surface area contributed by atoms with Gasteiger partial charge in [0.25, 0.3) is 0 Å². The Morgan fingerprint density at radius 2 is 2.00 bits per heavy atom. The molecule has 0 aliphatic carbocycles. The number of para-hydroxylation sites is 1. The van der Waals surface area contributed by atoms with Gasteiger partial charge in [0, 0.05) is 12.1 Å². The second-order valence-electron chi connectivity index (χ2n) is 2.63. The molecule has 1 aromatic carbocycles. The minimum absolute atomic E-state index is 0. The molecule has 1 aromatic rings. The highest BCUT2D eigenvalue weighted by molar-refractivity contribution is 5.85. The molecule has 74 valence electrons. The van der Waals surface area contributed by atoms with Crippen LogP contribution in [0.5, 0.6) is 5.75 Å². The minimum atomic E-state index is -0.642. The smallest absolute Gasteiger partial charge is 0.121 e. The molecule has 0 fully saturated rings. The van der Waals surface area contributed by atoms with Crippen molar-refractivity contribution in [2.75, 3.05) is 13.6 Å². The molecule has 4 heteroatoms. The molecule has 0 aliphatic heterocycles. The first-order valence-corrected chi connectivity index (χ1v) is 3.86. The van der Waals surface area contributed by atoms with E-state index < -0.39 is 6.10 Å². The van der Waals surface area contributed by atoms with E-state index in [0.717, 1.165) is 0 Å². The van der Waals surface area contributed by atoms with Crippen LogP contribution in [0.3, 0.4) is 0 Å². The molecule has 0 saturated carbocycles. The number of phenolic OH excluding ortho intramolecular Hbond substituents is 1. The molecule has 3 nitrogen and oxygen atoms in total. The highest BCUT2D eigenvalue weighted by Crippen LogP contribution is 2.22. The first-order valence-electron chi connectivity index (χ1n) is 3.86. The van der Waals surface area contributed by atoms with Crippen molar-refractivity contribution >= 4 is 12.4 Å². The van der Waals surface area contributed by atoms with Crippen LogP contribution in [0.4, 0.5) is 0 Å². The van der Waals surface area contributed by atoms with Crippen molar-refractivity contribution in [1.82, 2.24) is 5.32 Å². The third kappa shape index (κ3) is 3.22. The Kier molecular flexibility index (Phi) is 5.46. The zero-order valence-corrected chi connectivity index (χ0v) is 8.21. The zero-order valence-electron chi connectivity index (χ0n) is 7.40. The van der Waals surface area contributed by atoms with Gasteiger partial charge in [0.05, 0.1) is 6.10 Å². The Labute approximate surface area is 83.8 Å². The summed E-state index contributed by atoms with van der Waals surface area (Å²) in [5.41, 5.74) is 0.562. The SMILES string of the molecule is CNCC(O)c1ccccc1O.Cl. The Balaban J connectivity index is 0.00000144. The van der Waals surface area contributed by atoms with Crippen molar-refractivity contribution in [2.45, 2.75) is 6.10 Å². The van der Waals surface area contributed by atoms with Gasteiger partial charge in [-0.05, 0) is 13.1 Å². The lowest BCUT2D eigenvalue weighted by atomic mass is 10.1. The number of aliphatic hydroxyl groups is 1. The van der Waals surface area contributed by atoms with Gasteiger partial charge in [0.1, 0.15) is 5.75 Å². The number of likely N-dealkylation sites (N-methyl/N-ethyl adjacent to an activating group) is 1. The summed E-state index contributed by atoms with van der Waals surface area (Å²) >= 11 is 0. The van der Waals surface area contributed by atoms with Crippen LogP contribution in [-0.4, -0.2) is 23.8 Å². The van der Waals surface area contributed by atoms with Crippen LogP contribution in [0.15, 0.2) is 24.3 Å². The summed E-state index contributed by atoms with van der Waals surface area (Å²) in [4.78, 5) is 0. The summed E-state index contributed by atoms with van der Waals surface area (Å²) in [7, 11) is 1.75. The van der Waals surface area contributed by atoms with Gasteiger partial charge < -0.3 is 15.5 Å². The van der Waals surface area contributed by atoms with E-state index in [1.54, 1.807) is 31.3 Å². The van der Waals surface area contributed by atoms with E-state index in [-0.39, 0.29) is 18.2 Å². The van der Waals surface area contributed by atoms with Crippen LogP contribution in [0, 0.1) is 0 Å². The predicted octanol–water partition coefficient (Wildman–Crippen LogP) is 1.07. The van der Waals surface area contributed by atoms with E-state index >= 15 is 0 Å². The Morgan fingerprint density at radius 3 is 2.54 bits per heavy atom. The first-order chi connectivity index (χ1) is 5.75. The lowest BCUT2D eigenvalue weighted by molar-refractivity contribution is 0.174. The molecule has 1 rings (SSSR count). The number of hydrogen-bond acceptors (Lipinski definition) is 3. The predicted molar refractivity (Wildman–Crippen MR) is 54.2 cm³/mol. The number of phenols is 1. The number of aliphatic hydroxyl groups excluding tert-OH is 1. The third-order valence-electron chi connectivity index (χ3n) is 1.69. The van der Waals surface area contributed by atoms with Crippen molar-refractivity contribution in [3.05, 3.63) is 29.8 Å². The molecule has 0 saturated heterocycles. The monoisotopic (exact) mass is 203 g/mol. The molecule has 0 heterocycles. The van der Waals surface area contributed by atoms with Crippen molar-refractivity contribution < 1.29 is 10.2 Å². The second-order valence-corrected chi connectivity index (χ2v) is 2.63. The zero-order chi connectivity index (χ0) is 8.97. The molecule has 0 amide bonds. The summed E-state index contributed by atoms with van der Waals surface area (Å²) in [5, 5.41) is 21.6. The van der Waals surface area contributed by atoms with Crippen LogP contribution < -0.4 is 5.32 Å².